The van der Waals surface area contributed by atoms with Crippen molar-refractivity contribution in [1.29, 1.82) is 0 Å². The summed E-state index contributed by atoms with van der Waals surface area (Å²) in [5, 5.41) is 0. The fourth-order valence-corrected chi connectivity index (χ4v) is 4.39. The van der Waals surface area contributed by atoms with E-state index < -0.39 is 0 Å². The number of hydrogen-bond donors (Lipinski definition) is 0. The van der Waals surface area contributed by atoms with Crippen molar-refractivity contribution in [3.05, 3.63) is 35.4 Å². The summed E-state index contributed by atoms with van der Waals surface area (Å²) in [6, 6.07) is 8.13. The van der Waals surface area contributed by atoms with Crippen molar-refractivity contribution < 1.29 is 19.1 Å². The zero-order chi connectivity index (χ0) is 20.4. The summed E-state index contributed by atoms with van der Waals surface area (Å²) >= 11 is 0. The minimum absolute atomic E-state index is 0.0361. The van der Waals surface area contributed by atoms with Crippen LogP contribution in [0.1, 0.15) is 30.4 Å². The van der Waals surface area contributed by atoms with Crippen LogP contribution in [0.2, 0.25) is 0 Å². The zero-order valence-electron chi connectivity index (χ0n) is 17.0. The second kappa shape index (κ2) is 8.53. The Morgan fingerprint density at radius 3 is 2.31 bits per heavy atom. The molecule has 7 nitrogen and oxygen atoms in total. The van der Waals surface area contributed by atoms with E-state index in [9.17, 15) is 14.4 Å². The van der Waals surface area contributed by atoms with Gasteiger partial charge in [-0.1, -0.05) is 29.8 Å². The van der Waals surface area contributed by atoms with E-state index in [4.69, 9.17) is 4.74 Å². The van der Waals surface area contributed by atoms with Crippen LogP contribution >= 0.6 is 0 Å². The first-order valence-electron chi connectivity index (χ1n) is 10.5. The summed E-state index contributed by atoms with van der Waals surface area (Å²) in [5.41, 5.74) is 2.27. The van der Waals surface area contributed by atoms with Crippen LogP contribution in [0.3, 0.4) is 0 Å². The van der Waals surface area contributed by atoms with Crippen LogP contribution in [0.4, 0.5) is 0 Å². The number of rotatable bonds is 4. The molecule has 29 heavy (non-hydrogen) atoms. The molecule has 0 bridgehead atoms. The molecule has 3 amide bonds. The summed E-state index contributed by atoms with van der Waals surface area (Å²) in [7, 11) is 0. The van der Waals surface area contributed by atoms with Gasteiger partial charge in [0.1, 0.15) is 6.10 Å². The standard InChI is InChI=1S/C22H29N3O4/c1-16-4-6-17(7-5-16)14-25-15-18(13-20(25)26)21(27)23-8-10-24(11-9-23)22(28)19-3-2-12-29-19/h4-7,18-19H,2-3,8-15H2,1H3. The summed E-state index contributed by atoms with van der Waals surface area (Å²) in [4.78, 5) is 43.2. The molecule has 3 saturated heterocycles. The van der Waals surface area contributed by atoms with Crippen molar-refractivity contribution >= 4 is 17.7 Å². The van der Waals surface area contributed by atoms with Crippen molar-refractivity contribution in [3.8, 4) is 0 Å². The lowest BCUT2D eigenvalue weighted by Crippen LogP contribution is -2.54. The van der Waals surface area contributed by atoms with Crippen LogP contribution in [-0.2, 0) is 25.7 Å². The lowest BCUT2D eigenvalue weighted by Gasteiger charge is -2.36. The molecule has 3 heterocycles. The maximum atomic E-state index is 12.9. The first-order chi connectivity index (χ1) is 14.0. The maximum Gasteiger partial charge on any atom is 0.251 e. The van der Waals surface area contributed by atoms with Gasteiger partial charge in [0.15, 0.2) is 0 Å². The van der Waals surface area contributed by atoms with E-state index in [1.165, 1.54) is 5.56 Å². The van der Waals surface area contributed by atoms with Gasteiger partial charge in [-0.3, -0.25) is 14.4 Å². The molecule has 0 spiro atoms. The third-order valence-electron chi connectivity index (χ3n) is 6.17. The molecule has 0 radical (unpaired) electrons. The van der Waals surface area contributed by atoms with E-state index in [-0.39, 0.29) is 36.2 Å². The van der Waals surface area contributed by atoms with Gasteiger partial charge in [-0.2, -0.15) is 0 Å². The number of benzene rings is 1. The Kier molecular flexibility index (Phi) is 5.85. The fraction of sp³-hybridized carbons (Fsp3) is 0.591. The predicted octanol–water partition coefficient (Wildman–Crippen LogP) is 1.19. The molecular formula is C22H29N3O4. The Bertz CT molecular complexity index is 765. The predicted molar refractivity (Wildman–Crippen MR) is 107 cm³/mol. The van der Waals surface area contributed by atoms with Crippen LogP contribution in [0.5, 0.6) is 0 Å². The molecule has 4 rings (SSSR count). The van der Waals surface area contributed by atoms with Crippen molar-refractivity contribution in [2.75, 3.05) is 39.3 Å². The molecule has 3 aliphatic rings. The Hall–Kier alpha value is -2.41. The lowest BCUT2D eigenvalue weighted by molar-refractivity contribution is -0.147. The second-order valence-corrected chi connectivity index (χ2v) is 8.31. The molecule has 0 aliphatic carbocycles. The largest absolute Gasteiger partial charge is 0.368 e. The summed E-state index contributed by atoms with van der Waals surface area (Å²) in [6.07, 6.45) is 1.70. The number of likely N-dealkylation sites (tertiary alicyclic amines) is 1. The summed E-state index contributed by atoms with van der Waals surface area (Å²) in [5.74, 6) is -0.159. The highest BCUT2D eigenvalue weighted by Crippen LogP contribution is 2.23. The van der Waals surface area contributed by atoms with Crippen molar-refractivity contribution in [3.63, 3.8) is 0 Å². The van der Waals surface area contributed by atoms with Gasteiger partial charge in [-0.05, 0) is 25.3 Å². The molecule has 2 unspecified atom stereocenters. The minimum Gasteiger partial charge on any atom is -0.368 e. The van der Waals surface area contributed by atoms with Gasteiger partial charge in [-0.15, -0.1) is 0 Å². The van der Waals surface area contributed by atoms with Crippen LogP contribution < -0.4 is 0 Å². The molecule has 1 aromatic rings. The van der Waals surface area contributed by atoms with Gasteiger partial charge < -0.3 is 19.4 Å². The zero-order valence-corrected chi connectivity index (χ0v) is 17.0. The number of aryl methyl sites for hydroxylation is 1. The van der Waals surface area contributed by atoms with Crippen molar-refractivity contribution in [2.45, 2.75) is 38.8 Å². The average Bonchev–Trinajstić information content (AvgIpc) is 3.39. The normalized spacial score (nSPS) is 25.0. The highest BCUT2D eigenvalue weighted by molar-refractivity contribution is 5.89. The molecule has 0 saturated carbocycles. The quantitative estimate of drug-likeness (QED) is 0.763. The molecule has 3 fully saturated rings. The molecule has 0 N–H and O–H groups in total. The number of ether oxygens (including phenoxy) is 1. The molecule has 2 atom stereocenters. The molecule has 7 heteroatoms. The number of amides is 3. The van der Waals surface area contributed by atoms with Crippen LogP contribution in [0.15, 0.2) is 24.3 Å². The van der Waals surface area contributed by atoms with Gasteiger partial charge in [-0.25, -0.2) is 0 Å². The van der Waals surface area contributed by atoms with Gasteiger partial charge in [0.2, 0.25) is 11.8 Å². The van der Waals surface area contributed by atoms with Crippen LogP contribution in [0.25, 0.3) is 0 Å². The summed E-state index contributed by atoms with van der Waals surface area (Å²) < 4.78 is 5.49. The van der Waals surface area contributed by atoms with Gasteiger partial charge >= 0.3 is 0 Å². The van der Waals surface area contributed by atoms with E-state index in [2.05, 4.69) is 0 Å². The van der Waals surface area contributed by atoms with Crippen molar-refractivity contribution in [2.24, 2.45) is 5.92 Å². The van der Waals surface area contributed by atoms with Gasteiger partial charge in [0, 0.05) is 52.3 Å². The third-order valence-corrected chi connectivity index (χ3v) is 6.17. The third kappa shape index (κ3) is 4.45. The van der Waals surface area contributed by atoms with E-state index in [1.54, 1.807) is 4.90 Å². The first-order valence-corrected chi connectivity index (χ1v) is 10.5. The molecule has 3 aliphatic heterocycles. The van der Waals surface area contributed by atoms with Gasteiger partial charge in [0.05, 0.1) is 5.92 Å². The molecule has 156 valence electrons. The highest BCUT2D eigenvalue weighted by Gasteiger charge is 2.38. The molecule has 0 aromatic heterocycles. The SMILES string of the molecule is Cc1ccc(CN2CC(C(=O)N3CCN(C(=O)C4CCCO4)CC3)CC2=O)cc1. The van der Waals surface area contributed by atoms with Crippen LogP contribution in [0, 0.1) is 12.8 Å². The number of nitrogens with zero attached hydrogens (tertiary/aromatic N) is 3. The van der Waals surface area contributed by atoms with Gasteiger partial charge in [0.25, 0.3) is 5.91 Å². The highest BCUT2D eigenvalue weighted by atomic mass is 16.5. The Morgan fingerprint density at radius 1 is 1.03 bits per heavy atom. The van der Waals surface area contributed by atoms with E-state index in [0.29, 0.717) is 45.9 Å². The monoisotopic (exact) mass is 399 g/mol. The van der Waals surface area contributed by atoms with Crippen molar-refractivity contribution in [1.82, 2.24) is 14.7 Å². The molecular weight excluding hydrogens is 370 g/mol. The Labute approximate surface area is 171 Å². The topological polar surface area (TPSA) is 70.2 Å². The second-order valence-electron chi connectivity index (χ2n) is 8.31. The number of carbonyl (C=O) groups excluding carboxylic acids is 3. The Morgan fingerprint density at radius 2 is 1.69 bits per heavy atom. The fourth-order valence-electron chi connectivity index (χ4n) is 4.39. The Balaban J connectivity index is 1.28. The molecule has 1 aromatic carbocycles. The smallest absolute Gasteiger partial charge is 0.251 e. The maximum absolute atomic E-state index is 12.9. The minimum atomic E-state index is -0.306. The number of carbonyl (C=O) groups is 3. The average molecular weight is 399 g/mol. The van der Waals surface area contributed by atoms with E-state index in [0.717, 1.165) is 18.4 Å². The van der Waals surface area contributed by atoms with Crippen LogP contribution in [-0.4, -0.2) is 77.9 Å². The number of hydrogen-bond acceptors (Lipinski definition) is 4. The van der Waals surface area contributed by atoms with E-state index in [1.807, 2.05) is 41.0 Å². The van der Waals surface area contributed by atoms with E-state index >= 15 is 0 Å². The summed E-state index contributed by atoms with van der Waals surface area (Å²) in [6.45, 7) is 5.85. The lowest BCUT2D eigenvalue weighted by atomic mass is 10.1. The number of piperazine rings is 1. The first kappa shape index (κ1) is 19.9.